The lowest BCUT2D eigenvalue weighted by atomic mass is 10.1. The van der Waals surface area contributed by atoms with Gasteiger partial charge in [0.05, 0.1) is 6.26 Å². The van der Waals surface area contributed by atoms with Gasteiger partial charge in [0.25, 0.3) is 0 Å². The molecule has 0 spiro atoms. The number of hydrogen-bond acceptors (Lipinski definition) is 4. The van der Waals surface area contributed by atoms with E-state index in [2.05, 4.69) is 17.1 Å². The summed E-state index contributed by atoms with van der Waals surface area (Å²) in [5, 5.41) is 3.35. The molecule has 0 amide bonds. The van der Waals surface area contributed by atoms with Gasteiger partial charge in [-0.15, -0.1) is 0 Å². The first-order valence-corrected chi connectivity index (χ1v) is 12.0. The van der Waals surface area contributed by atoms with Crippen molar-refractivity contribution in [1.82, 2.24) is 14.5 Å². The van der Waals surface area contributed by atoms with Crippen molar-refractivity contribution in [2.75, 3.05) is 45.5 Å². The molecular formula is C20H34N4O3S. The maximum Gasteiger partial charge on any atom is 0.211 e. The highest BCUT2D eigenvalue weighted by molar-refractivity contribution is 7.88. The molecule has 28 heavy (non-hydrogen) atoms. The molecule has 0 bridgehead atoms. The molecule has 1 fully saturated rings. The van der Waals surface area contributed by atoms with Gasteiger partial charge in [0, 0.05) is 52.1 Å². The Bertz CT molecular complexity index is 701. The standard InChI is InChI=1S/C20H34N4O3S/c1-4-21-20(22-14-9-15-24(5-2)28(3,25)26)23-16-12-19(13-17-23)27-18-10-7-6-8-11-18/h6-8,10-11,19H,4-5,9,12-17H2,1-3H3,(H,21,22). The lowest BCUT2D eigenvalue weighted by molar-refractivity contribution is 0.129. The second kappa shape index (κ2) is 11.3. The van der Waals surface area contributed by atoms with Crippen LogP contribution in [0.4, 0.5) is 0 Å². The van der Waals surface area contributed by atoms with E-state index < -0.39 is 10.0 Å². The fourth-order valence-corrected chi connectivity index (χ4v) is 4.22. The number of likely N-dealkylation sites (tertiary alicyclic amines) is 1. The summed E-state index contributed by atoms with van der Waals surface area (Å²) in [5.74, 6) is 1.83. The second-order valence-corrected chi connectivity index (χ2v) is 8.94. The van der Waals surface area contributed by atoms with Gasteiger partial charge in [-0.05, 0) is 25.5 Å². The van der Waals surface area contributed by atoms with Gasteiger partial charge in [-0.25, -0.2) is 12.7 Å². The average Bonchev–Trinajstić information content (AvgIpc) is 2.67. The Morgan fingerprint density at radius 3 is 2.50 bits per heavy atom. The molecule has 0 unspecified atom stereocenters. The van der Waals surface area contributed by atoms with Crippen LogP contribution in [0.2, 0.25) is 0 Å². The van der Waals surface area contributed by atoms with Crippen LogP contribution in [0.3, 0.4) is 0 Å². The minimum absolute atomic E-state index is 0.231. The molecule has 158 valence electrons. The van der Waals surface area contributed by atoms with E-state index in [4.69, 9.17) is 9.73 Å². The lowest BCUT2D eigenvalue weighted by Gasteiger charge is -2.34. The Labute approximate surface area is 169 Å². The predicted molar refractivity (Wildman–Crippen MR) is 114 cm³/mol. The van der Waals surface area contributed by atoms with E-state index >= 15 is 0 Å². The first-order chi connectivity index (χ1) is 13.4. The van der Waals surface area contributed by atoms with Gasteiger partial charge >= 0.3 is 0 Å². The maximum absolute atomic E-state index is 11.7. The fraction of sp³-hybridized carbons (Fsp3) is 0.650. The molecule has 0 aliphatic carbocycles. The molecule has 1 aliphatic heterocycles. The van der Waals surface area contributed by atoms with Crippen molar-refractivity contribution in [3.8, 4) is 5.75 Å². The fourth-order valence-electron chi connectivity index (χ4n) is 3.29. The SMILES string of the molecule is CCNC(=NCCCN(CC)S(C)(=O)=O)N1CCC(Oc2ccccc2)CC1. The monoisotopic (exact) mass is 410 g/mol. The molecule has 8 heteroatoms. The van der Waals surface area contributed by atoms with Crippen LogP contribution < -0.4 is 10.1 Å². The quantitative estimate of drug-likeness (QED) is 0.384. The first kappa shape index (κ1) is 22.5. The summed E-state index contributed by atoms with van der Waals surface area (Å²) >= 11 is 0. The average molecular weight is 411 g/mol. The third-order valence-electron chi connectivity index (χ3n) is 4.77. The van der Waals surface area contributed by atoms with Crippen molar-refractivity contribution in [1.29, 1.82) is 0 Å². The maximum atomic E-state index is 11.7. The number of sulfonamides is 1. The Morgan fingerprint density at radius 2 is 1.93 bits per heavy atom. The molecule has 0 saturated carbocycles. The number of nitrogens with zero attached hydrogens (tertiary/aromatic N) is 3. The summed E-state index contributed by atoms with van der Waals surface area (Å²) in [7, 11) is -3.13. The molecule has 1 saturated heterocycles. The number of nitrogens with one attached hydrogen (secondary N) is 1. The summed E-state index contributed by atoms with van der Waals surface area (Å²) in [5.41, 5.74) is 0. The van der Waals surface area contributed by atoms with Gasteiger partial charge in [0.2, 0.25) is 10.0 Å². The summed E-state index contributed by atoms with van der Waals surface area (Å²) in [4.78, 5) is 6.97. The van der Waals surface area contributed by atoms with Crippen molar-refractivity contribution >= 4 is 16.0 Å². The molecule has 1 aromatic carbocycles. The summed E-state index contributed by atoms with van der Waals surface area (Å²) < 4.78 is 30.9. The van der Waals surface area contributed by atoms with Crippen LogP contribution in [-0.4, -0.2) is 75.2 Å². The van der Waals surface area contributed by atoms with Gasteiger partial charge < -0.3 is 15.0 Å². The van der Waals surface area contributed by atoms with Crippen LogP contribution in [0, 0.1) is 0 Å². The highest BCUT2D eigenvalue weighted by Gasteiger charge is 2.22. The van der Waals surface area contributed by atoms with Crippen molar-refractivity contribution in [3.63, 3.8) is 0 Å². The van der Waals surface area contributed by atoms with E-state index in [9.17, 15) is 8.42 Å². The van der Waals surface area contributed by atoms with Crippen molar-refractivity contribution in [2.24, 2.45) is 4.99 Å². The lowest BCUT2D eigenvalue weighted by Crippen LogP contribution is -2.47. The zero-order valence-corrected chi connectivity index (χ0v) is 18.1. The third kappa shape index (κ3) is 7.31. The topological polar surface area (TPSA) is 74.2 Å². The van der Waals surface area contributed by atoms with E-state index in [1.54, 1.807) is 0 Å². The molecule has 0 aromatic heterocycles. The highest BCUT2D eigenvalue weighted by atomic mass is 32.2. The Morgan fingerprint density at radius 1 is 1.25 bits per heavy atom. The van der Waals surface area contributed by atoms with Crippen LogP contribution in [-0.2, 0) is 10.0 Å². The van der Waals surface area contributed by atoms with Crippen LogP contribution >= 0.6 is 0 Å². The summed E-state index contributed by atoms with van der Waals surface area (Å²) in [6.07, 6.45) is 4.11. The number of piperidine rings is 1. The van der Waals surface area contributed by atoms with Crippen LogP contribution in [0.15, 0.2) is 35.3 Å². The Kier molecular flexibility index (Phi) is 9.05. The zero-order chi connectivity index (χ0) is 20.4. The van der Waals surface area contributed by atoms with Crippen molar-refractivity contribution in [2.45, 2.75) is 39.2 Å². The number of guanidine groups is 1. The largest absolute Gasteiger partial charge is 0.490 e. The smallest absolute Gasteiger partial charge is 0.211 e. The van der Waals surface area contributed by atoms with Gasteiger partial charge in [-0.2, -0.15) is 0 Å². The third-order valence-corrected chi connectivity index (χ3v) is 6.15. The van der Waals surface area contributed by atoms with Gasteiger partial charge in [-0.1, -0.05) is 25.1 Å². The van der Waals surface area contributed by atoms with Gasteiger partial charge in [-0.3, -0.25) is 4.99 Å². The molecule has 1 heterocycles. The van der Waals surface area contributed by atoms with Crippen molar-refractivity contribution in [3.05, 3.63) is 30.3 Å². The van der Waals surface area contributed by atoms with E-state index in [1.165, 1.54) is 10.6 Å². The molecule has 1 aromatic rings. The number of ether oxygens (including phenoxy) is 1. The highest BCUT2D eigenvalue weighted by Crippen LogP contribution is 2.18. The van der Waals surface area contributed by atoms with Crippen LogP contribution in [0.5, 0.6) is 5.75 Å². The Balaban J connectivity index is 1.82. The van der Waals surface area contributed by atoms with E-state index in [0.717, 1.165) is 44.2 Å². The van der Waals surface area contributed by atoms with E-state index in [-0.39, 0.29) is 6.10 Å². The number of rotatable bonds is 9. The molecule has 1 aliphatic rings. The molecule has 1 N–H and O–H groups in total. The number of hydrogen-bond donors (Lipinski definition) is 1. The Hall–Kier alpha value is -1.80. The van der Waals surface area contributed by atoms with Gasteiger partial charge in [0.15, 0.2) is 5.96 Å². The van der Waals surface area contributed by atoms with E-state index in [1.807, 2.05) is 37.3 Å². The number of para-hydroxylation sites is 1. The van der Waals surface area contributed by atoms with Gasteiger partial charge in [0.1, 0.15) is 11.9 Å². The molecular weight excluding hydrogens is 376 g/mol. The minimum Gasteiger partial charge on any atom is -0.490 e. The van der Waals surface area contributed by atoms with Crippen molar-refractivity contribution < 1.29 is 13.2 Å². The van der Waals surface area contributed by atoms with E-state index in [0.29, 0.717) is 26.1 Å². The first-order valence-electron chi connectivity index (χ1n) is 10.1. The van der Waals surface area contributed by atoms with Crippen LogP contribution in [0.25, 0.3) is 0 Å². The molecule has 2 rings (SSSR count). The predicted octanol–water partition coefficient (Wildman–Crippen LogP) is 2.17. The summed E-state index contributed by atoms with van der Waals surface area (Å²) in [6.45, 7) is 8.13. The number of benzene rings is 1. The molecule has 0 atom stereocenters. The normalized spacial score (nSPS) is 16.4. The molecule has 0 radical (unpaired) electrons. The molecule has 7 nitrogen and oxygen atoms in total. The zero-order valence-electron chi connectivity index (χ0n) is 17.3. The minimum atomic E-state index is -3.13. The summed E-state index contributed by atoms with van der Waals surface area (Å²) in [6, 6.07) is 9.96. The second-order valence-electron chi connectivity index (χ2n) is 6.96. The van der Waals surface area contributed by atoms with Crippen LogP contribution in [0.1, 0.15) is 33.1 Å². The number of aliphatic imine (C=N–C) groups is 1.